The van der Waals surface area contributed by atoms with Crippen LogP contribution in [0.15, 0.2) is 36.5 Å². The van der Waals surface area contributed by atoms with Crippen molar-refractivity contribution in [3.8, 4) is 0 Å². The first-order valence-electron chi connectivity index (χ1n) is 6.73. The minimum atomic E-state index is -0.408. The molecule has 0 aliphatic rings. The molecule has 0 aliphatic carbocycles. The van der Waals surface area contributed by atoms with Gasteiger partial charge in [-0.05, 0) is 37.1 Å². The summed E-state index contributed by atoms with van der Waals surface area (Å²) in [5.74, 6) is 0.297. The second-order valence-corrected chi connectivity index (χ2v) is 4.79. The Morgan fingerprint density at radius 3 is 2.52 bits per heavy atom. The minimum Gasteiger partial charge on any atom is -0.360 e. The van der Waals surface area contributed by atoms with E-state index in [1.807, 2.05) is 24.3 Å². The summed E-state index contributed by atoms with van der Waals surface area (Å²) in [6.07, 6.45) is 2.41. The number of aryl methyl sites for hydroxylation is 1. The average molecular weight is 286 g/mol. The van der Waals surface area contributed by atoms with Crippen molar-refractivity contribution in [3.05, 3.63) is 63.3 Å². The number of nitro groups is 1. The molecular formula is C15H18N4O2. The van der Waals surface area contributed by atoms with Crippen LogP contribution < -0.4 is 11.1 Å². The first-order chi connectivity index (χ1) is 10.1. The van der Waals surface area contributed by atoms with Gasteiger partial charge in [-0.2, -0.15) is 0 Å². The van der Waals surface area contributed by atoms with Gasteiger partial charge in [-0.1, -0.05) is 24.3 Å². The summed E-state index contributed by atoms with van der Waals surface area (Å²) in [4.78, 5) is 14.7. The van der Waals surface area contributed by atoms with Crippen molar-refractivity contribution in [1.29, 1.82) is 0 Å². The lowest BCUT2D eigenvalue weighted by molar-refractivity contribution is -0.384. The third-order valence-corrected chi connectivity index (χ3v) is 3.22. The molecule has 2 rings (SSSR count). The Kier molecular flexibility index (Phi) is 4.84. The zero-order valence-corrected chi connectivity index (χ0v) is 11.9. The van der Waals surface area contributed by atoms with Gasteiger partial charge in [-0.25, -0.2) is 4.98 Å². The second kappa shape index (κ2) is 6.81. The van der Waals surface area contributed by atoms with Crippen LogP contribution in [0.25, 0.3) is 0 Å². The number of benzene rings is 1. The van der Waals surface area contributed by atoms with Crippen molar-refractivity contribution < 1.29 is 4.92 Å². The molecule has 21 heavy (non-hydrogen) atoms. The van der Waals surface area contributed by atoms with E-state index in [2.05, 4.69) is 10.3 Å². The fourth-order valence-electron chi connectivity index (χ4n) is 2.09. The first-order valence-corrected chi connectivity index (χ1v) is 6.73. The van der Waals surface area contributed by atoms with E-state index in [0.29, 0.717) is 24.5 Å². The second-order valence-electron chi connectivity index (χ2n) is 4.79. The van der Waals surface area contributed by atoms with E-state index in [9.17, 15) is 10.1 Å². The molecule has 0 unspecified atom stereocenters. The van der Waals surface area contributed by atoms with Gasteiger partial charge in [-0.3, -0.25) is 10.1 Å². The van der Waals surface area contributed by atoms with Crippen LogP contribution in [0.2, 0.25) is 0 Å². The zero-order chi connectivity index (χ0) is 15.2. The molecule has 1 aromatic heterocycles. The molecular weight excluding hydrogens is 268 g/mol. The maximum Gasteiger partial charge on any atom is 0.314 e. The molecule has 0 saturated carbocycles. The molecule has 3 N–H and O–H groups in total. The van der Waals surface area contributed by atoms with Gasteiger partial charge >= 0.3 is 5.69 Å². The average Bonchev–Trinajstić information content (AvgIpc) is 2.46. The van der Waals surface area contributed by atoms with Crippen molar-refractivity contribution in [2.24, 2.45) is 5.73 Å². The van der Waals surface area contributed by atoms with Crippen LogP contribution >= 0.6 is 0 Å². The quantitative estimate of drug-likeness (QED) is 0.628. The molecule has 0 amide bonds. The summed E-state index contributed by atoms with van der Waals surface area (Å²) in [6.45, 7) is 2.81. The largest absolute Gasteiger partial charge is 0.360 e. The van der Waals surface area contributed by atoms with E-state index in [4.69, 9.17) is 5.73 Å². The van der Waals surface area contributed by atoms with Crippen LogP contribution in [0.5, 0.6) is 0 Å². The van der Waals surface area contributed by atoms with Crippen LogP contribution in [0.3, 0.4) is 0 Å². The number of hydrogen-bond acceptors (Lipinski definition) is 5. The Hall–Kier alpha value is -2.47. The fraction of sp³-hybridized carbons (Fsp3) is 0.267. The lowest BCUT2D eigenvalue weighted by atomic mass is 10.1. The van der Waals surface area contributed by atoms with Gasteiger partial charge in [0, 0.05) is 18.3 Å². The van der Waals surface area contributed by atoms with Gasteiger partial charge in [0.15, 0.2) is 0 Å². The van der Waals surface area contributed by atoms with Crippen molar-refractivity contribution in [1.82, 2.24) is 4.98 Å². The summed E-state index contributed by atoms with van der Waals surface area (Å²) < 4.78 is 0. The molecule has 1 aromatic carbocycles. The lowest BCUT2D eigenvalue weighted by Crippen LogP contribution is -2.06. The van der Waals surface area contributed by atoms with E-state index in [-0.39, 0.29) is 5.69 Å². The fourth-order valence-corrected chi connectivity index (χ4v) is 2.09. The maximum atomic E-state index is 11.1. The molecule has 0 spiro atoms. The predicted molar refractivity (Wildman–Crippen MR) is 82.2 cm³/mol. The smallest absolute Gasteiger partial charge is 0.314 e. The summed E-state index contributed by atoms with van der Waals surface area (Å²) >= 11 is 0. The van der Waals surface area contributed by atoms with Crippen LogP contribution in [0, 0.1) is 17.0 Å². The number of hydrogen-bond donors (Lipinski definition) is 2. The van der Waals surface area contributed by atoms with E-state index >= 15 is 0 Å². The summed E-state index contributed by atoms with van der Waals surface area (Å²) in [5.41, 5.74) is 8.34. The van der Waals surface area contributed by atoms with Gasteiger partial charge in [0.25, 0.3) is 0 Å². The highest BCUT2D eigenvalue weighted by Gasteiger charge is 2.17. The van der Waals surface area contributed by atoms with Crippen molar-refractivity contribution in [2.75, 3.05) is 11.9 Å². The molecule has 1 heterocycles. The van der Waals surface area contributed by atoms with Gasteiger partial charge in [-0.15, -0.1) is 0 Å². The third kappa shape index (κ3) is 3.76. The lowest BCUT2D eigenvalue weighted by Gasteiger charge is -2.08. The van der Waals surface area contributed by atoms with Crippen LogP contribution in [-0.4, -0.2) is 16.5 Å². The number of pyridine rings is 1. The van der Waals surface area contributed by atoms with E-state index in [0.717, 1.165) is 12.0 Å². The highest BCUT2D eigenvalue weighted by molar-refractivity contribution is 5.59. The molecule has 6 heteroatoms. The Morgan fingerprint density at radius 1 is 1.24 bits per heavy atom. The molecule has 0 aliphatic heterocycles. The number of aromatic nitrogens is 1. The number of nitrogens with zero attached hydrogens (tertiary/aromatic N) is 2. The summed E-state index contributed by atoms with van der Waals surface area (Å²) in [5, 5.41) is 14.1. The summed E-state index contributed by atoms with van der Waals surface area (Å²) in [6, 6.07) is 9.63. The topological polar surface area (TPSA) is 94.1 Å². The number of anilines is 1. The predicted octanol–water partition coefficient (Wildman–Crippen LogP) is 2.41. The van der Waals surface area contributed by atoms with Crippen molar-refractivity contribution >= 4 is 11.5 Å². The van der Waals surface area contributed by atoms with Gasteiger partial charge in [0.05, 0.1) is 4.92 Å². The van der Waals surface area contributed by atoms with Crippen LogP contribution in [-0.2, 0) is 13.0 Å². The summed E-state index contributed by atoms with van der Waals surface area (Å²) in [7, 11) is 0. The zero-order valence-electron chi connectivity index (χ0n) is 11.9. The number of nitrogens with one attached hydrogen (secondary N) is 1. The highest BCUT2D eigenvalue weighted by atomic mass is 16.6. The monoisotopic (exact) mass is 286 g/mol. The van der Waals surface area contributed by atoms with Gasteiger partial charge in [0.1, 0.15) is 0 Å². The molecule has 0 saturated heterocycles. The number of rotatable bonds is 6. The first kappa shape index (κ1) is 14.9. The van der Waals surface area contributed by atoms with E-state index < -0.39 is 4.92 Å². The minimum absolute atomic E-state index is 0.0252. The van der Waals surface area contributed by atoms with Gasteiger partial charge in [0.2, 0.25) is 5.82 Å². The van der Waals surface area contributed by atoms with Crippen molar-refractivity contribution in [2.45, 2.75) is 19.9 Å². The normalized spacial score (nSPS) is 10.4. The molecule has 0 atom stereocenters. The highest BCUT2D eigenvalue weighted by Crippen LogP contribution is 2.25. The van der Waals surface area contributed by atoms with Crippen molar-refractivity contribution in [3.63, 3.8) is 0 Å². The van der Waals surface area contributed by atoms with Crippen LogP contribution in [0.4, 0.5) is 11.5 Å². The molecule has 0 fully saturated rings. The van der Waals surface area contributed by atoms with E-state index in [1.54, 1.807) is 19.2 Å². The Labute approximate surface area is 123 Å². The van der Waals surface area contributed by atoms with E-state index in [1.165, 1.54) is 5.56 Å². The molecule has 0 radical (unpaired) electrons. The number of nitrogens with two attached hydrogens (primary N) is 1. The van der Waals surface area contributed by atoms with Gasteiger partial charge < -0.3 is 11.1 Å². The SMILES string of the molecule is Cc1ccnc(NCc2ccc(CCN)cc2)c1[N+](=O)[O-]. The molecule has 2 aromatic rings. The maximum absolute atomic E-state index is 11.1. The Balaban J connectivity index is 2.09. The Morgan fingerprint density at radius 2 is 1.90 bits per heavy atom. The molecule has 6 nitrogen and oxygen atoms in total. The molecule has 110 valence electrons. The third-order valence-electron chi connectivity index (χ3n) is 3.22. The Bertz CT molecular complexity index is 626. The standard InChI is InChI=1S/C15H18N4O2/c1-11-7-9-17-15(14(11)19(20)21)18-10-13-4-2-12(3-5-13)6-8-16/h2-5,7,9H,6,8,10,16H2,1H3,(H,17,18). The molecule has 0 bridgehead atoms. The van der Waals surface area contributed by atoms with Crippen LogP contribution in [0.1, 0.15) is 16.7 Å².